The van der Waals surface area contributed by atoms with Crippen molar-refractivity contribution in [2.45, 2.75) is 31.2 Å². The van der Waals surface area contributed by atoms with E-state index in [-0.39, 0.29) is 10.9 Å². The summed E-state index contributed by atoms with van der Waals surface area (Å²) in [5, 5.41) is 0. The third-order valence-electron chi connectivity index (χ3n) is 2.42. The molecule has 1 heterocycles. The zero-order valence-corrected chi connectivity index (χ0v) is 11.3. The van der Waals surface area contributed by atoms with E-state index in [0.29, 0.717) is 24.7 Å². The molecule has 1 aromatic carbocycles. The van der Waals surface area contributed by atoms with Crippen LogP contribution in [-0.4, -0.2) is 27.7 Å². The lowest BCUT2D eigenvalue weighted by molar-refractivity contribution is 0.297. The minimum absolute atomic E-state index is 0.147. The minimum atomic E-state index is -3.49. The summed E-state index contributed by atoms with van der Waals surface area (Å²) in [6, 6.07) is 4.52. The van der Waals surface area contributed by atoms with Gasteiger partial charge in [0, 0.05) is 18.5 Å². The number of fused-ring (bicyclic) bond motifs is 1. The number of nitrogens with one attached hydrogen (secondary N) is 1. The van der Waals surface area contributed by atoms with Gasteiger partial charge in [-0.25, -0.2) is 13.1 Å². The third kappa shape index (κ3) is 2.94. The first-order valence-corrected chi connectivity index (χ1v) is 7.39. The van der Waals surface area contributed by atoms with Crippen LogP contribution in [0, 0.1) is 0 Å². The van der Waals surface area contributed by atoms with E-state index in [1.165, 1.54) is 12.1 Å². The molecule has 0 aliphatic carbocycles. The summed E-state index contributed by atoms with van der Waals surface area (Å²) in [7, 11) is -3.49. The highest BCUT2D eigenvalue weighted by molar-refractivity contribution is 7.89. The molecule has 0 saturated carbocycles. The highest BCUT2D eigenvalue weighted by atomic mass is 32.2. The van der Waals surface area contributed by atoms with Crippen molar-refractivity contribution in [3.8, 4) is 11.5 Å². The van der Waals surface area contributed by atoms with E-state index >= 15 is 0 Å². The maximum atomic E-state index is 12.0. The van der Waals surface area contributed by atoms with Crippen LogP contribution >= 0.6 is 0 Å². The second-order valence-electron chi connectivity index (χ2n) is 4.44. The quantitative estimate of drug-likeness (QED) is 0.905. The number of rotatable bonds is 3. The fraction of sp³-hybridized carbons (Fsp3) is 0.500. The van der Waals surface area contributed by atoms with Gasteiger partial charge in [-0.3, -0.25) is 0 Å². The molecule has 1 N–H and O–H groups in total. The maximum Gasteiger partial charge on any atom is 0.240 e. The number of ether oxygens (including phenoxy) is 2. The number of hydrogen-bond acceptors (Lipinski definition) is 4. The summed E-state index contributed by atoms with van der Waals surface area (Å²) < 4.78 is 37.5. The highest BCUT2D eigenvalue weighted by Crippen LogP contribution is 2.31. The topological polar surface area (TPSA) is 64.6 Å². The largest absolute Gasteiger partial charge is 0.490 e. The lowest BCUT2D eigenvalue weighted by Gasteiger charge is -2.12. The number of sulfonamides is 1. The van der Waals surface area contributed by atoms with Crippen molar-refractivity contribution in [2.24, 2.45) is 0 Å². The molecule has 1 aliphatic heterocycles. The molecule has 0 amide bonds. The molecule has 6 heteroatoms. The van der Waals surface area contributed by atoms with E-state index in [4.69, 9.17) is 9.47 Å². The Labute approximate surface area is 107 Å². The lowest BCUT2D eigenvalue weighted by atomic mass is 10.3. The first-order valence-electron chi connectivity index (χ1n) is 5.91. The summed E-state index contributed by atoms with van der Waals surface area (Å²) in [6.07, 6.45) is 0.793. The molecular weight excluding hydrogens is 254 g/mol. The zero-order chi connectivity index (χ0) is 13.2. The van der Waals surface area contributed by atoms with Crippen molar-refractivity contribution in [3.63, 3.8) is 0 Å². The maximum absolute atomic E-state index is 12.0. The Kier molecular flexibility index (Phi) is 3.77. The van der Waals surface area contributed by atoms with Crippen molar-refractivity contribution in [1.82, 2.24) is 4.72 Å². The van der Waals surface area contributed by atoms with E-state index in [9.17, 15) is 8.42 Å². The molecule has 1 aromatic rings. The summed E-state index contributed by atoms with van der Waals surface area (Å²) in [4.78, 5) is 0.195. The molecule has 1 aliphatic rings. The third-order valence-corrected chi connectivity index (χ3v) is 4.08. The van der Waals surface area contributed by atoms with Gasteiger partial charge >= 0.3 is 0 Å². The van der Waals surface area contributed by atoms with Crippen LogP contribution in [0.4, 0.5) is 0 Å². The zero-order valence-electron chi connectivity index (χ0n) is 10.5. The van der Waals surface area contributed by atoms with E-state index in [0.717, 1.165) is 6.42 Å². The summed E-state index contributed by atoms with van der Waals surface area (Å²) in [5.41, 5.74) is 0. The second-order valence-corrected chi connectivity index (χ2v) is 6.15. The Balaban J connectivity index is 2.33. The Morgan fingerprint density at radius 2 is 1.83 bits per heavy atom. The second kappa shape index (κ2) is 5.16. The van der Waals surface area contributed by atoms with Crippen molar-refractivity contribution < 1.29 is 17.9 Å². The van der Waals surface area contributed by atoms with Crippen molar-refractivity contribution in [3.05, 3.63) is 18.2 Å². The summed E-state index contributed by atoms with van der Waals surface area (Å²) in [6.45, 7) is 4.68. The van der Waals surface area contributed by atoms with Gasteiger partial charge in [0.25, 0.3) is 0 Å². The molecule has 0 unspecified atom stereocenters. The van der Waals surface area contributed by atoms with Crippen molar-refractivity contribution >= 4 is 10.0 Å². The van der Waals surface area contributed by atoms with Gasteiger partial charge in [-0.2, -0.15) is 0 Å². The predicted molar refractivity (Wildman–Crippen MR) is 67.5 cm³/mol. The number of benzene rings is 1. The highest BCUT2D eigenvalue weighted by Gasteiger charge is 2.19. The summed E-state index contributed by atoms with van der Waals surface area (Å²) >= 11 is 0. The van der Waals surface area contributed by atoms with Crippen LogP contribution in [0.3, 0.4) is 0 Å². The molecule has 0 spiro atoms. The molecule has 0 aromatic heterocycles. The molecular formula is C12H17NO4S. The van der Waals surface area contributed by atoms with Crippen molar-refractivity contribution in [2.75, 3.05) is 13.2 Å². The van der Waals surface area contributed by atoms with Crippen LogP contribution in [0.5, 0.6) is 11.5 Å². The molecule has 5 nitrogen and oxygen atoms in total. The molecule has 100 valence electrons. The Morgan fingerprint density at radius 3 is 2.50 bits per heavy atom. The van der Waals surface area contributed by atoms with E-state index < -0.39 is 10.0 Å². The average Bonchev–Trinajstić information content (AvgIpc) is 2.51. The molecule has 0 bridgehead atoms. The molecule has 0 fully saturated rings. The lowest BCUT2D eigenvalue weighted by Crippen LogP contribution is -2.30. The van der Waals surface area contributed by atoms with Crippen LogP contribution in [0.25, 0.3) is 0 Å². The predicted octanol–water partition coefficient (Wildman–Crippen LogP) is 1.53. The van der Waals surface area contributed by atoms with Crippen LogP contribution in [0.15, 0.2) is 23.1 Å². The summed E-state index contributed by atoms with van der Waals surface area (Å²) in [5.74, 6) is 1.08. The molecule has 0 saturated heterocycles. The Bertz CT molecular complexity index is 525. The SMILES string of the molecule is CC(C)NS(=O)(=O)c1ccc2c(c1)OCCCO2. The van der Waals surface area contributed by atoms with Gasteiger partial charge < -0.3 is 9.47 Å². The van der Waals surface area contributed by atoms with Crippen LogP contribution < -0.4 is 14.2 Å². The molecule has 0 radical (unpaired) electrons. The first kappa shape index (κ1) is 13.2. The number of hydrogen-bond donors (Lipinski definition) is 1. The van der Waals surface area contributed by atoms with Gasteiger partial charge in [0.2, 0.25) is 10.0 Å². The van der Waals surface area contributed by atoms with Gasteiger partial charge in [0.05, 0.1) is 18.1 Å². The van der Waals surface area contributed by atoms with E-state index in [2.05, 4.69) is 4.72 Å². The van der Waals surface area contributed by atoms with Crippen LogP contribution in [-0.2, 0) is 10.0 Å². The standard InChI is InChI=1S/C12H17NO4S/c1-9(2)13-18(14,15)10-4-5-11-12(8-10)17-7-3-6-16-11/h4-5,8-9,13H,3,6-7H2,1-2H3. The molecule has 0 atom stereocenters. The van der Waals surface area contributed by atoms with Gasteiger partial charge in [0.15, 0.2) is 11.5 Å². The van der Waals surface area contributed by atoms with Crippen LogP contribution in [0.2, 0.25) is 0 Å². The van der Waals surface area contributed by atoms with Crippen molar-refractivity contribution in [1.29, 1.82) is 0 Å². The van der Waals surface area contributed by atoms with Gasteiger partial charge in [-0.15, -0.1) is 0 Å². The van der Waals surface area contributed by atoms with E-state index in [1.807, 2.05) is 0 Å². The van der Waals surface area contributed by atoms with Crippen LogP contribution in [0.1, 0.15) is 20.3 Å². The average molecular weight is 271 g/mol. The van der Waals surface area contributed by atoms with E-state index in [1.54, 1.807) is 19.9 Å². The van der Waals surface area contributed by atoms with Gasteiger partial charge in [0.1, 0.15) is 0 Å². The first-order chi connectivity index (χ1) is 8.49. The fourth-order valence-electron chi connectivity index (χ4n) is 1.69. The monoisotopic (exact) mass is 271 g/mol. The smallest absolute Gasteiger partial charge is 0.240 e. The molecule has 2 rings (SSSR count). The normalized spacial score (nSPS) is 15.5. The minimum Gasteiger partial charge on any atom is -0.490 e. The fourth-order valence-corrected chi connectivity index (χ4v) is 2.96. The Morgan fingerprint density at radius 1 is 1.17 bits per heavy atom. The van der Waals surface area contributed by atoms with Gasteiger partial charge in [-0.1, -0.05) is 0 Å². The Hall–Kier alpha value is -1.27. The molecule has 18 heavy (non-hydrogen) atoms. The van der Waals surface area contributed by atoms with Gasteiger partial charge in [-0.05, 0) is 26.0 Å².